The minimum absolute atomic E-state index is 0.230. The molecule has 1 heterocycles. The molecule has 0 aromatic carbocycles. The van der Waals surface area contributed by atoms with Crippen LogP contribution in [-0.2, 0) is 4.74 Å². The van der Waals surface area contributed by atoms with E-state index < -0.39 is 0 Å². The molecule has 0 bridgehead atoms. The van der Waals surface area contributed by atoms with E-state index in [4.69, 9.17) is 10.5 Å². The van der Waals surface area contributed by atoms with Gasteiger partial charge in [0, 0.05) is 12.0 Å². The van der Waals surface area contributed by atoms with Crippen molar-refractivity contribution >= 4 is 6.40 Å². The Morgan fingerprint density at radius 2 is 2.44 bits per heavy atom. The molecular weight excluding hydrogens is 116 g/mol. The van der Waals surface area contributed by atoms with E-state index in [-0.39, 0.29) is 12.1 Å². The van der Waals surface area contributed by atoms with E-state index in [1.807, 2.05) is 0 Å². The number of aliphatic imine (C=N–C) groups is 1. The van der Waals surface area contributed by atoms with Gasteiger partial charge in [0.05, 0.1) is 0 Å². The fraction of sp³-hybridized carbons (Fsp3) is 0.833. The van der Waals surface area contributed by atoms with Crippen molar-refractivity contribution in [3.8, 4) is 0 Å². The molecule has 3 nitrogen and oxygen atoms in total. The van der Waals surface area contributed by atoms with E-state index in [0.29, 0.717) is 12.0 Å². The lowest BCUT2D eigenvalue weighted by Gasteiger charge is -2.41. The molecule has 0 aromatic rings. The zero-order chi connectivity index (χ0) is 6.43. The van der Waals surface area contributed by atoms with Crippen molar-refractivity contribution in [2.45, 2.75) is 25.1 Å². The van der Waals surface area contributed by atoms with Gasteiger partial charge in [-0.25, -0.2) is 4.99 Å². The second-order valence-corrected chi connectivity index (χ2v) is 2.78. The second-order valence-electron chi connectivity index (χ2n) is 2.78. The Morgan fingerprint density at radius 3 is 3.11 bits per heavy atom. The van der Waals surface area contributed by atoms with Crippen molar-refractivity contribution < 1.29 is 4.74 Å². The summed E-state index contributed by atoms with van der Waals surface area (Å²) in [5.74, 6) is 0.484. The zero-order valence-corrected chi connectivity index (χ0v) is 5.32. The van der Waals surface area contributed by atoms with Crippen LogP contribution in [0.1, 0.15) is 6.92 Å². The molecule has 3 unspecified atom stereocenters. The van der Waals surface area contributed by atoms with Crippen LogP contribution in [0.15, 0.2) is 4.99 Å². The van der Waals surface area contributed by atoms with Gasteiger partial charge in [-0.05, 0) is 0 Å². The average molecular weight is 126 g/mol. The Hall–Kier alpha value is -0.570. The van der Waals surface area contributed by atoms with Crippen molar-refractivity contribution in [2.75, 3.05) is 0 Å². The first-order valence-electron chi connectivity index (χ1n) is 3.23. The van der Waals surface area contributed by atoms with Gasteiger partial charge >= 0.3 is 0 Å². The Labute approximate surface area is 53.9 Å². The summed E-state index contributed by atoms with van der Waals surface area (Å²) in [6, 6.07) is 0.494. The first-order chi connectivity index (χ1) is 4.30. The normalized spacial score (nSPS) is 54.0. The molecule has 0 spiro atoms. The molecule has 2 aliphatic rings. The van der Waals surface area contributed by atoms with Gasteiger partial charge in [-0.3, -0.25) is 0 Å². The molecule has 3 heteroatoms. The summed E-state index contributed by atoms with van der Waals surface area (Å²) in [7, 11) is 0. The van der Waals surface area contributed by atoms with Gasteiger partial charge in [0.1, 0.15) is 12.1 Å². The highest BCUT2D eigenvalue weighted by atomic mass is 16.5. The number of hydrogen-bond acceptors (Lipinski definition) is 3. The van der Waals surface area contributed by atoms with Crippen molar-refractivity contribution in [1.29, 1.82) is 0 Å². The summed E-state index contributed by atoms with van der Waals surface area (Å²) in [5, 5.41) is 0. The number of fused-ring (bicyclic) bond motifs is 1. The van der Waals surface area contributed by atoms with Crippen molar-refractivity contribution in [3.05, 3.63) is 0 Å². The lowest BCUT2D eigenvalue weighted by atomic mass is 9.74. The van der Waals surface area contributed by atoms with Gasteiger partial charge in [0.15, 0.2) is 6.40 Å². The highest BCUT2D eigenvalue weighted by Gasteiger charge is 2.49. The second kappa shape index (κ2) is 1.48. The van der Waals surface area contributed by atoms with Crippen LogP contribution in [-0.4, -0.2) is 24.6 Å². The molecule has 1 aliphatic heterocycles. The maximum absolute atomic E-state index is 5.71. The third-order valence-corrected chi connectivity index (χ3v) is 2.31. The molecule has 50 valence electrons. The fourth-order valence-corrected chi connectivity index (χ4v) is 1.48. The molecule has 1 aliphatic carbocycles. The lowest BCUT2D eigenvalue weighted by molar-refractivity contribution is 0.0325. The summed E-state index contributed by atoms with van der Waals surface area (Å²) < 4.78 is 5.16. The van der Waals surface area contributed by atoms with E-state index >= 15 is 0 Å². The molecule has 9 heavy (non-hydrogen) atoms. The van der Waals surface area contributed by atoms with Gasteiger partial charge in [-0.1, -0.05) is 6.92 Å². The monoisotopic (exact) mass is 126 g/mol. The molecule has 0 aromatic heterocycles. The summed E-state index contributed by atoms with van der Waals surface area (Å²) in [4.78, 5) is 4.06. The minimum Gasteiger partial charge on any atom is -0.478 e. The largest absolute Gasteiger partial charge is 0.478 e. The van der Waals surface area contributed by atoms with Gasteiger partial charge < -0.3 is 10.5 Å². The number of nitrogens with zero attached hydrogens (tertiary/aromatic N) is 1. The first-order valence-corrected chi connectivity index (χ1v) is 3.23. The van der Waals surface area contributed by atoms with E-state index in [1.54, 1.807) is 0 Å². The third kappa shape index (κ3) is 0.477. The van der Waals surface area contributed by atoms with Crippen molar-refractivity contribution in [2.24, 2.45) is 16.6 Å². The number of hydrogen-bond donors (Lipinski definition) is 1. The van der Waals surface area contributed by atoms with Gasteiger partial charge in [-0.15, -0.1) is 0 Å². The molecular formula is C6H10N2O. The summed E-state index contributed by atoms with van der Waals surface area (Å²) in [6.45, 7) is 2.10. The zero-order valence-electron chi connectivity index (χ0n) is 5.32. The van der Waals surface area contributed by atoms with Crippen LogP contribution < -0.4 is 5.73 Å². The van der Waals surface area contributed by atoms with E-state index in [0.717, 1.165) is 0 Å². The van der Waals surface area contributed by atoms with Crippen LogP contribution in [0.2, 0.25) is 0 Å². The maximum Gasteiger partial charge on any atom is 0.170 e. The summed E-state index contributed by atoms with van der Waals surface area (Å²) in [5.41, 5.74) is 5.71. The molecule has 4 atom stereocenters. The fourth-order valence-electron chi connectivity index (χ4n) is 1.48. The molecule has 1 fully saturated rings. The van der Waals surface area contributed by atoms with Gasteiger partial charge in [-0.2, -0.15) is 0 Å². The van der Waals surface area contributed by atoms with Crippen LogP contribution in [0.3, 0.4) is 0 Å². The van der Waals surface area contributed by atoms with Crippen LogP contribution in [0.5, 0.6) is 0 Å². The Bertz CT molecular complexity index is 157. The van der Waals surface area contributed by atoms with Crippen LogP contribution >= 0.6 is 0 Å². The molecule has 0 saturated heterocycles. The highest BCUT2D eigenvalue weighted by molar-refractivity contribution is 5.51. The van der Waals surface area contributed by atoms with Crippen LogP contribution in [0, 0.1) is 5.92 Å². The third-order valence-electron chi connectivity index (χ3n) is 2.31. The lowest BCUT2D eigenvalue weighted by Crippen LogP contribution is -2.60. The Kier molecular flexibility index (Phi) is 0.858. The van der Waals surface area contributed by atoms with E-state index in [2.05, 4.69) is 11.9 Å². The first kappa shape index (κ1) is 5.23. The van der Waals surface area contributed by atoms with Crippen molar-refractivity contribution in [3.63, 3.8) is 0 Å². The summed E-state index contributed by atoms with van der Waals surface area (Å²) in [6.07, 6.45) is 1.82. The molecule has 0 radical (unpaired) electrons. The van der Waals surface area contributed by atoms with Gasteiger partial charge in [0.25, 0.3) is 0 Å². The molecule has 2 N–H and O–H groups in total. The smallest absolute Gasteiger partial charge is 0.170 e. The topological polar surface area (TPSA) is 47.6 Å². The standard InChI is InChI=1S/C6H10N2O/c1-3-4(7)5-6(3)9-2-8-5/h2-6H,7H2,1H3/t3?,4?,5-,6?/m1/s1. The Morgan fingerprint density at radius 1 is 1.67 bits per heavy atom. The Balaban J connectivity index is 2.12. The molecule has 2 rings (SSSR count). The number of rotatable bonds is 0. The van der Waals surface area contributed by atoms with Crippen LogP contribution in [0.4, 0.5) is 0 Å². The van der Waals surface area contributed by atoms with Crippen molar-refractivity contribution in [1.82, 2.24) is 0 Å². The predicted molar refractivity (Wildman–Crippen MR) is 34.3 cm³/mol. The quantitative estimate of drug-likeness (QED) is 0.487. The highest BCUT2D eigenvalue weighted by Crippen LogP contribution is 2.34. The predicted octanol–water partition coefficient (Wildman–Crippen LogP) is -0.241. The molecule has 1 saturated carbocycles. The van der Waals surface area contributed by atoms with Crippen LogP contribution in [0.25, 0.3) is 0 Å². The maximum atomic E-state index is 5.71. The van der Waals surface area contributed by atoms with Gasteiger partial charge in [0.2, 0.25) is 0 Å². The number of nitrogens with two attached hydrogens (primary N) is 1. The molecule has 0 amide bonds. The van der Waals surface area contributed by atoms with E-state index in [9.17, 15) is 0 Å². The summed E-state index contributed by atoms with van der Waals surface area (Å²) >= 11 is 0. The minimum atomic E-state index is 0.230. The number of ether oxygens (including phenoxy) is 1. The van der Waals surface area contributed by atoms with E-state index in [1.165, 1.54) is 6.40 Å². The average Bonchev–Trinajstić information content (AvgIpc) is 2.30. The SMILES string of the molecule is CC1C(N)[C@H]2N=COC12.